The highest BCUT2D eigenvalue weighted by Crippen LogP contribution is 2.15. The van der Waals surface area contributed by atoms with E-state index < -0.39 is 23.8 Å². The van der Waals surface area contributed by atoms with E-state index in [1.807, 2.05) is 0 Å². The molecule has 8 nitrogen and oxygen atoms in total. The minimum absolute atomic E-state index is 0.0118. The van der Waals surface area contributed by atoms with E-state index in [-0.39, 0.29) is 45.3 Å². The Labute approximate surface area is 129 Å². The third-order valence-corrected chi connectivity index (χ3v) is 2.91. The third-order valence-electron chi connectivity index (χ3n) is 2.91. The fraction of sp³-hybridized carbons (Fsp3) is 0.786. The summed E-state index contributed by atoms with van der Waals surface area (Å²) in [6.07, 6.45) is 0.553. The van der Waals surface area contributed by atoms with E-state index in [0.29, 0.717) is 13.2 Å². The van der Waals surface area contributed by atoms with E-state index >= 15 is 0 Å². The summed E-state index contributed by atoms with van der Waals surface area (Å²) in [7, 11) is 1.55. The molecule has 0 saturated heterocycles. The monoisotopic (exact) mass is 320 g/mol. The van der Waals surface area contributed by atoms with Crippen molar-refractivity contribution in [2.75, 3.05) is 33.5 Å². The zero-order valence-electron chi connectivity index (χ0n) is 12.8. The standard InChI is InChI=1S/C14H24O8/c1-20-7-8-21-9-10-22-13(17)6-5-11(14(18)19)3-2-4-12(15)16/h11H,2-10H2,1H3,(H,15,16)(H,18,19). The summed E-state index contributed by atoms with van der Waals surface area (Å²) >= 11 is 0. The van der Waals surface area contributed by atoms with Crippen molar-refractivity contribution in [2.45, 2.75) is 32.1 Å². The number of methoxy groups -OCH3 is 1. The van der Waals surface area contributed by atoms with Crippen molar-refractivity contribution in [3.8, 4) is 0 Å². The number of carbonyl (C=O) groups excluding carboxylic acids is 1. The van der Waals surface area contributed by atoms with Crippen molar-refractivity contribution < 1.29 is 38.8 Å². The van der Waals surface area contributed by atoms with Crippen molar-refractivity contribution in [1.82, 2.24) is 0 Å². The smallest absolute Gasteiger partial charge is 0.306 e. The van der Waals surface area contributed by atoms with Gasteiger partial charge in [-0.2, -0.15) is 0 Å². The van der Waals surface area contributed by atoms with Crippen molar-refractivity contribution in [2.24, 2.45) is 5.92 Å². The predicted octanol–water partition coefficient (Wildman–Crippen LogP) is 0.929. The molecule has 0 fully saturated rings. The highest BCUT2D eigenvalue weighted by Gasteiger charge is 2.19. The molecule has 0 heterocycles. The number of aliphatic carboxylic acids is 2. The predicted molar refractivity (Wildman–Crippen MR) is 75.5 cm³/mol. The van der Waals surface area contributed by atoms with Crippen molar-refractivity contribution in [3.63, 3.8) is 0 Å². The minimum Gasteiger partial charge on any atom is -0.481 e. The second-order valence-electron chi connectivity index (χ2n) is 4.69. The molecule has 0 aromatic heterocycles. The maximum atomic E-state index is 11.5. The first kappa shape index (κ1) is 20.3. The lowest BCUT2D eigenvalue weighted by Crippen LogP contribution is -2.18. The first-order chi connectivity index (χ1) is 10.5. The van der Waals surface area contributed by atoms with Crippen LogP contribution in [0.5, 0.6) is 0 Å². The summed E-state index contributed by atoms with van der Waals surface area (Å²) in [6.45, 7) is 1.25. The van der Waals surface area contributed by atoms with Gasteiger partial charge in [0.1, 0.15) is 6.61 Å². The van der Waals surface area contributed by atoms with Crippen LogP contribution in [0.2, 0.25) is 0 Å². The highest BCUT2D eigenvalue weighted by atomic mass is 16.6. The van der Waals surface area contributed by atoms with Crippen LogP contribution in [0.1, 0.15) is 32.1 Å². The molecule has 0 aromatic rings. The topological polar surface area (TPSA) is 119 Å². The number of rotatable bonds is 14. The summed E-state index contributed by atoms with van der Waals surface area (Å²) in [4.78, 5) is 32.9. The van der Waals surface area contributed by atoms with Crippen LogP contribution in [-0.2, 0) is 28.6 Å². The van der Waals surface area contributed by atoms with E-state index in [9.17, 15) is 14.4 Å². The minimum atomic E-state index is -1.03. The van der Waals surface area contributed by atoms with Crippen LogP contribution in [-0.4, -0.2) is 61.7 Å². The molecule has 0 aliphatic carbocycles. The number of carboxylic acids is 2. The van der Waals surface area contributed by atoms with E-state index in [4.69, 9.17) is 24.4 Å². The summed E-state index contributed by atoms with van der Waals surface area (Å²) in [5.74, 6) is -3.21. The molecule has 0 aromatic carbocycles. The highest BCUT2D eigenvalue weighted by molar-refractivity contribution is 5.73. The van der Waals surface area contributed by atoms with Crippen LogP contribution < -0.4 is 0 Å². The summed E-state index contributed by atoms with van der Waals surface area (Å²) in [6, 6.07) is 0. The van der Waals surface area contributed by atoms with Gasteiger partial charge in [-0.3, -0.25) is 14.4 Å². The lowest BCUT2D eigenvalue weighted by Gasteiger charge is -2.11. The Balaban J connectivity index is 3.78. The first-order valence-electron chi connectivity index (χ1n) is 7.14. The molecule has 1 atom stereocenters. The van der Waals surface area contributed by atoms with Crippen LogP contribution in [0.15, 0.2) is 0 Å². The molecule has 0 saturated carbocycles. The Morgan fingerprint density at radius 2 is 1.64 bits per heavy atom. The average molecular weight is 320 g/mol. The molecule has 2 N–H and O–H groups in total. The molecular formula is C14H24O8. The Morgan fingerprint density at radius 3 is 2.23 bits per heavy atom. The Kier molecular flexibility index (Phi) is 12.0. The Bertz CT molecular complexity index is 342. The van der Waals surface area contributed by atoms with Crippen LogP contribution in [0.4, 0.5) is 0 Å². The van der Waals surface area contributed by atoms with Crippen molar-refractivity contribution in [1.29, 1.82) is 0 Å². The maximum absolute atomic E-state index is 11.5. The molecule has 0 radical (unpaired) electrons. The van der Waals surface area contributed by atoms with Gasteiger partial charge in [-0.05, 0) is 19.3 Å². The van der Waals surface area contributed by atoms with Gasteiger partial charge in [-0.15, -0.1) is 0 Å². The van der Waals surface area contributed by atoms with Gasteiger partial charge in [0, 0.05) is 20.0 Å². The molecule has 0 rings (SSSR count). The van der Waals surface area contributed by atoms with Crippen LogP contribution in [0.25, 0.3) is 0 Å². The lowest BCUT2D eigenvalue weighted by atomic mass is 9.97. The zero-order valence-corrected chi connectivity index (χ0v) is 12.8. The molecule has 0 spiro atoms. The van der Waals surface area contributed by atoms with Gasteiger partial charge in [0.05, 0.1) is 25.7 Å². The number of hydrogen-bond acceptors (Lipinski definition) is 6. The second kappa shape index (κ2) is 13.0. The number of esters is 1. The van der Waals surface area contributed by atoms with Crippen molar-refractivity contribution >= 4 is 17.9 Å². The molecule has 1 unspecified atom stereocenters. The fourth-order valence-electron chi connectivity index (χ4n) is 1.71. The van der Waals surface area contributed by atoms with Crippen LogP contribution in [0.3, 0.4) is 0 Å². The number of carboxylic acid groups (broad SMARTS) is 2. The molecule has 0 amide bonds. The number of carbonyl (C=O) groups is 3. The maximum Gasteiger partial charge on any atom is 0.306 e. The molecule has 0 bridgehead atoms. The van der Waals surface area contributed by atoms with Gasteiger partial charge >= 0.3 is 17.9 Å². The molecule has 0 aliphatic rings. The second-order valence-corrected chi connectivity index (χ2v) is 4.69. The molecule has 128 valence electrons. The van der Waals surface area contributed by atoms with Gasteiger partial charge in [-0.25, -0.2) is 0 Å². The number of hydrogen-bond donors (Lipinski definition) is 2. The SMILES string of the molecule is COCCOCCOC(=O)CCC(CCCC(=O)O)C(=O)O. The Morgan fingerprint density at radius 1 is 0.955 bits per heavy atom. The molecular weight excluding hydrogens is 296 g/mol. The van der Waals surface area contributed by atoms with E-state index in [1.165, 1.54) is 0 Å². The molecule has 0 aliphatic heterocycles. The summed E-state index contributed by atoms with van der Waals surface area (Å²) < 4.78 is 14.8. The summed E-state index contributed by atoms with van der Waals surface area (Å²) in [5, 5.41) is 17.5. The normalized spacial score (nSPS) is 11.9. The first-order valence-corrected chi connectivity index (χ1v) is 7.14. The largest absolute Gasteiger partial charge is 0.481 e. The van der Waals surface area contributed by atoms with Gasteiger partial charge in [0.15, 0.2) is 0 Å². The number of ether oxygens (including phenoxy) is 3. The third kappa shape index (κ3) is 12.1. The van der Waals surface area contributed by atoms with Crippen LogP contribution in [0, 0.1) is 5.92 Å². The quantitative estimate of drug-likeness (QED) is 0.358. The average Bonchev–Trinajstić information content (AvgIpc) is 2.45. The van der Waals surface area contributed by atoms with Gasteiger partial charge in [0.25, 0.3) is 0 Å². The van der Waals surface area contributed by atoms with E-state index in [0.717, 1.165) is 0 Å². The van der Waals surface area contributed by atoms with Crippen LogP contribution >= 0.6 is 0 Å². The fourth-order valence-corrected chi connectivity index (χ4v) is 1.71. The lowest BCUT2D eigenvalue weighted by molar-refractivity contribution is -0.147. The van der Waals surface area contributed by atoms with Gasteiger partial charge < -0.3 is 24.4 Å². The Hall–Kier alpha value is -1.67. The molecule has 22 heavy (non-hydrogen) atoms. The summed E-state index contributed by atoms with van der Waals surface area (Å²) in [5.41, 5.74) is 0. The zero-order chi connectivity index (χ0) is 16.8. The van der Waals surface area contributed by atoms with Gasteiger partial charge in [0.2, 0.25) is 0 Å². The van der Waals surface area contributed by atoms with Gasteiger partial charge in [-0.1, -0.05) is 0 Å². The van der Waals surface area contributed by atoms with E-state index in [2.05, 4.69) is 0 Å². The van der Waals surface area contributed by atoms with E-state index in [1.54, 1.807) is 7.11 Å². The molecule has 8 heteroatoms. The van der Waals surface area contributed by atoms with Crippen molar-refractivity contribution in [3.05, 3.63) is 0 Å².